The third kappa shape index (κ3) is 4.09. The van der Waals surface area contributed by atoms with Crippen LogP contribution in [0.1, 0.15) is 30.9 Å². The van der Waals surface area contributed by atoms with Crippen molar-refractivity contribution in [1.29, 1.82) is 0 Å². The number of aliphatic hydroxyl groups is 1. The fourth-order valence-corrected chi connectivity index (χ4v) is 3.81. The summed E-state index contributed by atoms with van der Waals surface area (Å²) in [6.07, 6.45) is 2.21. The van der Waals surface area contributed by atoms with Crippen molar-refractivity contribution in [3.63, 3.8) is 0 Å². The van der Waals surface area contributed by atoms with Crippen LogP contribution in [0.2, 0.25) is 0 Å². The zero-order valence-electron chi connectivity index (χ0n) is 14.9. The second-order valence-electron chi connectivity index (χ2n) is 6.86. The maximum Gasteiger partial charge on any atom is 0.123 e. The minimum atomic E-state index is -0.382. The SMILES string of the molecule is CCN(Cc1ccc(OC)c(CN2CCCC2)c1)[C@H]1COC[C@@H]1O. The standard InChI is InChI=1S/C19H30N2O3/c1-3-21(17-13-24-14-18(17)22)11-15-6-7-19(23-2)16(10-15)12-20-8-4-5-9-20/h6-7,10,17-18,22H,3-5,8-9,11-14H2,1-2H3/t17-,18-/m0/s1. The maximum absolute atomic E-state index is 10.1. The second kappa shape index (κ2) is 8.30. The predicted molar refractivity (Wildman–Crippen MR) is 94.2 cm³/mol. The highest BCUT2D eigenvalue weighted by Gasteiger charge is 2.31. The molecule has 24 heavy (non-hydrogen) atoms. The molecule has 2 fully saturated rings. The van der Waals surface area contributed by atoms with E-state index in [0.29, 0.717) is 13.2 Å². The van der Waals surface area contributed by atoms with Crippen molar-refractivity contribution in [1.82, 2.24) is 9.80 Å². The van der Waals surface area contributed by atoms with Crippen LogP contribution in [0.5, 0.6) is 5.75 Å². The topological polar surface area (TPSA) is 45.2 Å². The first-order chi connectivity index (χ1) is 11.7. The molecule has 0 bridgehead atoms. The van der Waals surface area contributed by atoms with Gasteiger partial charge in [0.1, 0.15) is 5.75 Å². The van der Waals surface area contributed by atoms with Gasteiger partial charge in [0.2, 0.25) is 0 Å². The summed E-state index contributed by atoms with van der Waals surface area (Å²) in [5.41, 5.74) is 2.53. The van der Waals surface area contributed by atoms with Crippen molar-refractivity contribution < 1.29 is 14.6 Å². The summed E-state index contributed by atoms with van der Waals surface area (Å²) in [4.78, 5) is 4.80. The van der Waals surface area contributed by atoms with Gasteiger partial charge in [-0.15, -0.1) is 0 Å². The smallest absolute Gasteiger partial charge is 0.123 e. The lowest BCUT2D eigenvalue weighted by Crippen LogP contribution is -2.42. The van der Waals surface area contributed by atoms with Crippen LogP contribution in [-0.2, 0) is 17.8 Å². The molecule has 0 amide bonds. The van der Waals surface area contributed by atoms with Crippen LogP contribution in [0.4, 0.5) is 0 Å². The van der Waals surface area contributed by atoms with Crippen molar-refractivity contribution >= 4 is 0 Å². The quantitative estimate of drug-likeness (QED) is 0.825. The number of aliphatic hydroxyl groups excluding tert-OH is 1. The summed E-state index contributed by atoms with van der Waals surface area (Å²) in [6.45, 7) is 8.26. The lowest BCUT2D eigenvalue weighted by Gasteiger charge is -2.29. The summed E-state index contributed by atoms with van der Waals surface area (Å²) in [5, 5.41) is 10.1. The lowest BCUT2D eigenvalue weighted by molar-refractivity contribution is 0.0808. The van der Waals surface area contributed by atoms with E-state index < -0.39 is 0 Å². The Morgan fingerprint density at radius 1 is 1.29 bits per heavy atom. The van der Waals surface area contributed by atoms with Crippen LogP contribution >= 0.6 is 0 Å². The van der Waals surface area contributed by atoms with Gasteiger partial charge in [0.25, 0.3) is 0 Å². The molecule has 0 aliphatic carbocycles. The van der Waals surface area contributed by atoms with Crippen LogP contribution in [-0.4, -0.2) is 67.0 Å². The highest BCUT2D eigenvalue weighted by atomic mass is 16.5. The highest BCUT2D eigenvalue weighted by molar-refractivity contribution is 5.37. The molecular formula is C19H30N2O3. The Morgan fingerprint density at radius 2 is 2.08 bits per heavy atom. The van der Waals surface area contributed by atoms with E-state index in [1.807, 2.05) is 0 Å². The van der Waals surface area contributed by atoms with Crippen LogP contribution < -0.4 is 4.74 Å². The predicted octanol–water partition coefficient (Wildman–Crippen LogP) is 1.87. The molecule has 5 nitrogen and oxygen atoms in total. The first-order valence-corrected chi connectivity index (χ1v) is 9.09. The minimum absolute atomic E-state index is 0.0964. The number of benzene rings is 1. The van der Waals surface area contributed by atoms with Crippen molar-refractivity contribution in [2.24, 2.45) is 0 Å². The zero-order valence-corrected chi connectivity index (χ0v) is 14.9. The molecule has 0 aromatic heterocycles. The molecule has 2 atom stereocenters. The number of rotatable bonds is 7. The number of hydrogen-bond acceptors (Lipinski definition) is 5. The van der Waals surface area contributed by atoms with Crippen molar-refractivity contribution in [2.45, 2.75) is 45.0 Å². The van der Waals surface area contributed by atoms with Crippen molar-refractivity contribution in [3.8, 4) is 5.75 Å². The molecule has 1 N–H and O–H groups in total. The van der Waals surface area contributed by atoms with Gasteiger partial charge in [-0.05, 0) is 50.2 Å². The summed E-state index contributed by atoms with van der Waals surface area (Å²) in [7, 11) is 1.74. The molecule has 1 aromatic carbocycles. The molecule has 0 spiro atoms. The van der Waals surface area contributed by atoms with E-state index in [0.717, 1.165) is 25.4 Å². The fraction of sp³-hybridized carbons (Fsp3) is 0.684. The number of likely N-dealkylation sites (tertiary alicyclic amines) is 1. The Balaban J connectivity index is 1.72. The minimum Gasteiger partial charge on any atom is -0.496 e. The lowest BCUT2D eigenvalue weighted by atomic mass is 10.1. The van der Waals surface area contributed by atoms with Gasteiger partial charge >= 0.3 is 0 Å². The van der Waals surface area contributed by atoms with Gasteiger partial charge < -0.3 is 14.6 Å². The van der Waals surface area contributed by atoms with E-state index in [-0.39, 0.29) is 12.1 Å². The first-order valence-electron chi connectivity index (χ1n) is 9.09. The van der Waals surface area contributed by atoms with E-state index in [1.165, 1.54) is 37.1 Å². The van der Waals surface area contributed by atoms with Crippen molar-refractivity contribution in [2.75, 3.05) is 40.0 Å². The number of hydrogen-bond donors (Lipinski definition) is 1. The first kappa shape index (κ1) is 17.7. The van der Waals surface area contributed by atoms with Crippen LogP contribution in [0.15, 0.2) is 18.2 Å². The van der Waals surface area contributed by atoms with Crippen LogP contribution in [0, 0.1) is 0 Å². The Hall–Kier alpha value is -1.14. The Labute approximate surface area is 145 Å². The summed E-state index contributed by atoms with van der Waals surface area (Å²) < 4.78 is 11.0. The Kier molecular flexibility index (Phi) is 6.11. The molecule has 0 unspecified atom stereocenters. The van der Waals surface area contributed by atoms with Gasteiger partial charge in [0.15, 0.2) is 0 Å². The molecule has 3 rings (SSSR count). The Bertz CT molecular complexity index is 531. The highest BCUT2D eigenvalue weighted by Crippen LogP contribution is 2.25. The van der Waals surface area contributed by atoms with E-state index >= 15 is 0 Å². The number of likely N-dealkylation sites (N-methyl/N-ethyl adjacent to an activating group) is 1. The summed E-state index contributed by atoms with van der Waals surface area (Å²) in [5.74, 6) is 0.970. The summed E-state index contributed by atoms with van der Waals surface area (Å²) >= 11 is 0. The van der Waals surface area contributed by atoms with Gasteiger partial charge in [0, 0.05) is 18.7 Å². The third-order valence-electron chi connectivity index (χ3n) is 5.22. The van der Waals surface area contributed by atoms with Gasteiger partial charge in [-0.3, -0.25) is 9.80 Å². The molecule has 2 heterocycles. The molecule has 2 aliphatic rings. The largest absolute Gasteiger partial charge is 0.496 e. The van der Waals surface area contributed by atoms with E-state index in [4.69, 9.17) is 9.47 Å². The molecule has 0 radical (unpaired) electrons. The van der Waals surface area contributed by atoms with Gasteiger partial charge in [-0.2, -0.15) is 0 Å². The van der Waals surface area contributed by atoms with E-state index in [1.54, 1.807) is 7.11 Å². The number of ether oxygens (including phenoxy) is 2. The monoisotopic (exact) mass is 334 g/mol. The van der Waals surface area contributed by atoms with E-state index in [2.05, 4.69) is 34.9 Å². The normalized spacial score (nSPS) is 24.8. The average molecular weight is 334 g/mol. The van der Waals surface area contributed by atoms with Crippen LogP contribution in [0.25, 0.3) is 0 Å². The molecule has 1 aromatic rings. The van der Waals surface area contributed by atoms with E-state index in [9.17, 15) is 5.11 Å². The second-order valence-corrected chi connectivity index (χ2v) is 6.86. The van der Waals surface area contributed by atoms with Crippen molar-refractivity contribution in [3.05, 3.63) is 29.3 Å². The van der Waals surface area contributed by atoms with Gasteiger partial charge in [0.05, 0.1) is 32.5 Å². The fourth-order valence-electron chi connectivity index (χ4n) is 3.81. The zero-order chi connectivity index (χ0) is 16.9. The molecular weight excluding hydrogens is 304 g/mol. The van der Waals surface area contributed by atoms with Gasteiger partial charge in [-0.1, -0.05) is 13.0 Å². The number of nitrogens with zero attached hydrogens (tertiary/aromatic N) is 2. The average Bonchev–Trinajstić information content (AvgIpc) is 3.25. The summed E-state index contributed by atoms with van der Waals surface area (Å²) in [6, 6.07) is 6.58. The molecule has 2 aliphatic heterocycles. The maximum atomic E-state index is 10.1. The number of methoxy groups -OCH3 is 1. The third-order valence-corrected chi connectivity index (χ3v) is 5.22. The van der Waals surface area contributed by atoms with Crippen LogP contribution in [0.3, 0.4) is 0 Å². The molecule has 0 saturated carbocycles. The Morgan fingerprint density at radius 3 is 2.71 bits per heavy atom. The van der Waals surface area contributed by atoms with Gasteiger partial charge in [-0.25, -0.2) is 0 Å². The molecule has 2 saturated heterocycles. The molecule has 134 valence electrons. The molecule has 5 heteroatoms.